The Balaban J connectivity index is 3.42. The molecule has 0 unspecified atom stereocenters. The molecule has 0 amide bonds. The van der Waals surface area contributed by atoms with Crippen LogP contribution in [0.15, 0.2) is 47.0 Å². The lowest BCUT2D eigenvalue weighted by Gasteiger charge is -2.11. The Kier molecular flexibility index (Phi) is 5.51. The lowest BCUT2D eigenvalue weighted by molar-refractivity contribution is 0.337. The van der Waals surface area contributed by atoms with Gasteiger partial charge in [-0.2, -0.15) is 0 Å². The van der Waals surface area contributed by atoms with Gasteiger partial charge in [0.15, 0.2) is 5.83 Å². The second-order valence-corrected chi connectivity index (χ2v) is 3.86. The first-order valence-corrected chi connectivity index (χ1v) is 5.81. The van der Waals surface area contributed by atoms with Crippen LogP contribution in [0.5, 0.6) is 5.75 Å². The number of allylic oxidation sites excluding steroid dienone is 1. The van der Waals surface area contributed by atoms with Crippen molar-refractivity contribution in [3.05, 3.63) is 53.3 Å². The van der Waals surface area contributed by atoms with Gasteiger partial charge < -0.3 is 10.5 Å². The van der Waals surface area contributed by atoms with Crippen LogP contribution in [0.1, 0.15) is 12.5 Å². The second kappa shape index (κ2) is 6.89. The van der Waals surface area contributed by atoms with Crippen LogP contribution in [0.25, 0.3) is 0 Å². The summed E-state index contributed by atoms with van der Waals surface area (Å²) >= 11 is 5.55. The molecule has 0 bridgehead atoms. The molecule has 0 aliphatic carbocycles. The van der Waals surface area contributed by atoms with E-state index >= 15 is 0 Å². The number of rotatable bonds is 5. The van der Waals surface area contributed by atoms with Crippen LogP contribution in [0.2, 0.25) is 0 Å². The van der Waals surface area contributed by atoms with Crippen molar-refractivity contribution in [3.8, 4) is 5.75 Å². The fourth-order valence-electron chi connectivity index (χ4n) is 1.41. The summed E-state index contributed by atoms with van der Waals surface area (Å²) in [7, 11) is 0. The molecule has 1 rings (SSSR count). The van der Waals surface area contributed by atoms with Gasteiger partial charge in [0.25, 0.3) is 0 Å². The normalized spacial score (nSPS) is 12.4. The van der Waals surface area contributed by atoms with Gasteiger partial charge in [-0.3, -0.25) is 0 Å². The lowest BCUT2D eigenvalue weighted by atomic mass is 10.1. The van der Waals surface area contributed by atoms with E-state index in [0.717, 1.165) is 18.3 Å². The van der Waals surface area contributed by atoms with Crippen molar-refractivity contribution in [3.63, 3.8) is 0 Å². The zero-order chi connectivity index (χ0) is 14.4. The van der Waals surface area contributed by atoms with Gasteiger partial charge >= 0.3 is 0 Å². The summed E-state index contributed by atoms with van der Waals surface area (Å²) in [5.41, 5.74) is 5.21. The third-order valence-electron chi connectivity index (χ3n) is 2.10. The SMILES string of the molecule is C=C(Cl)/N=C(\C(F)=C/N)c1ccc(F)cc1OCC. The molecular formula is C13H13ClF2N2O. The van der Waals surface area contributed by atoms with E-state index in [1.807, 2.05) is 0 Å². The highest BCUT2D eigenvalue weighted by molar-refractivity contribution is 6.30. The number of ether oxygens (including phenoxy) is 1. The molecular weight excluding hydrogens is 274 g/mol. The molecule has 0 spiro atoms. The molecule has 0 aliphatic heterocycles. The number of aliphatic imine (C=N–C) groups is 1. The molecule has 3 nitrogen and oxygen atoms in total. The van der Waals surface area contributed by atoms with Gasteiger partial charge in [-0.15, -0.1) is 0 Å². The van der Waals surface area contributed by atoms with Crippen molar-refractivity contribution >= 4 is 17.3 Å². The summed E-state index contributed by atoms with van der Waals surface area (Å²) in [5.74, 6) is -1.17. The maximum absolute atomic E-state index is 13.7. The molecule has 1 aromatic carbocycles. The third kappa shape index (κ3) is 4.06. The van der Waals surface area contributed by atoms with Crippen LogP contribution in [0.4, 0.5) is 8.78 Å². The third-order valence-corrected chi connectivity index (χ3v) is 2.19. The van der Waals surface area contributed by atoms with Crippen LogP contribution >= 0.6 is 11.6 Å². The average Bonchev–Trinajstić information content (AvgIpc) is 2.36. The average molecular weight is 287 g/mol. The highest BCUT2D eigenvalue weighted by Crippen LogP contribution is 2.25. The smallest absolute Gasteiger partial charge is 0.164 e. The molecule has 6 heteroatoms. The molecule has 102 valence electrons. The predicted octanol–water partition coefficient (Wildman–Crippen LogP) is 3.49. The molecule has 0 heterocycles. The van der Waals surface area contributed by atoms with Crippen molar-refractivity contribution in [2.24, 2.45) is 10.7 Å². The van der Waals surface area contributed by atoms with E-state index in [2.05, 4.69) is 11.6 Å². The molecule has 0 fully saturated rings. The maximum atomic E-state index is 13.7. The summed E-state index contributed by atoms with van der Waals surface area (Å²) in [6.07, 6.45) is 0.734. The molecule has 0 saturated heterocycles. The summed E-state index contributed by atoms with van der Waals surface area (Å²) in [6, 6.07) is 3.63. The summed E-state index contributed by atoms with van der Waals surface area (Å²) < 4.78 is 32.1. The minimum atomic E-state index is -0.811. The monoisotopic (exact) mass is 286 g/mol. The van der Waals surface area contributed by atoms with Gasteiger partial charge in [0.05, 0.1) is 6.61 Å². The second-order valence-electron chi connectivity index (χ2n) is 3.42. The predicted molar refractivity (Wildman–Crippen MR) is 72.5 cm³/mol. The van der Waals surface area contributed by atoms with Crippen molar-refractivity contribution < 1.29 is 13.5 Å². The Bertz CT molecular complexity index is 541. The first-order valence-electron chi connectivity index (χ1n) is 5.43. The molecule has 0 atom stereocenters. The Hall–Kier alpha value is -1.88. The van der Waals surface area contributed by atoms with Gasteiger partial charge in [0.1, 0.15) is 22.4 Å². The van der Waals surface area contributed by atoms with Gasteiger partial charge in [-0.05, 0) is 19.1 Å². The quantitative estimate of drug-likeness (QED) is 0.665. The van der Waals surface area contributed by atoms with Crippen molar-refractivity contribution in [1.82, 2.24) is 0 Å². The van der Waals surface area contributed by atoms with Crippen LogP contribution in [0.3, 0.4) is 0 Å². The van der Waals surface area contributed by atoms with Crippen LogP contribution in [-0.4, -0.2) is 12.3 Å². The molecule has 0 aliphatic rings. The van der Waals surface area contributed by atoms with Crippen LogP contribution < -0.4 is 10.5 Å². The van der Waals surface area contributed by atoms with Gasteiger partial charge in [-0.1, -0.05) is 18.2 Å². The van der Waals surface area contributed by atoms with E-state index in [-0.39, 0.29) is 22.2 Å². The number of benzene rings is 1. The van der Waals surface area contributed by atoms with Crippen LogP contribution in [0, 0.1) is 5.82 Å². The van der Waals surface area contributed by atoms with Crippen molar-refractivity contribution in [2.75, 3.05) is 6.61 Å². The summed E-state index contributed by atoms with van der Waals surface area (Å²) in [5, 5.41) is -0.126. The van der Waals surface area contributed by atoms with E-state index < -0.39 is 11.6 Å². The first-order chi connectivity index (χ1) is 8.99. The van der Waals surface area contributed by atoms with Gasteiger partial charge in [0.2, 0.25) is 0 Å². The molecule has 2 N–H and O–H groups in total. The van der Waals surface area contributed by atoms with E-state index in [9.17, 15) is 8.78 Å². The van der Waals surface area contributed by atoms with E-state index in [1.165, 1.54) is 6.07 Å². The molecule has 0 radical (unpaired) electrons. The lowest BCUT2D eigenvalue weighted by Crippen LogP contribution is -2.08. The van der Waals surface area contributed by atoms with Crippen molar-refractivity contribution in [2.45, 2.75) is 6.92 Å². The highest BCUT2D eigenvalue weighted by atomic mass is 35.5. The molecule has 0 saturated carbocycles. The number of nitrogens with two attached hydrogens (primary N) is 1. The fraction of sp³-hybridized carbons (Fsp3) is 0.154. The maximum Gasteiger partial charge on any atom is 0.164 e. The highest BCUT2D eigenvalue weighted by Gasteiger charge is 2.16. The Morgan fingerprint density at radius 2 is 2.26 bits per heavy atom. The Morgan fingerprint density at radius 3 is 2.79 bits per heavy atom. The molecule has 1 aromatic rings. The van der Waals surface area contributed by atoms with E-state index in [1.54, 1.807) is 6.92 Å². The fourth-order valence-corrected chi connectivity index (χ4v) is 1.49. The van der Waals surface area contributed by atoms with Gasteiger partial charge in [0, 0.05) is 17.8 Å². The van der Waals surface area contributed by atoms with E-state index in [4.69, 9.17) is 22.1 Å². The zero-order valence-electron chi connectivity index (χ0n) is 10.3. The van der Waals surface area contributed by atoms with Gasteiger partial charge in [-0.25, -0.2) is 13.8 Å². The largest absolute Gasteiger partial charge is 0.493 e. The zero-order valence-corrected chi connectivity index (χ0v) is 11.0. The number of nitrogens with zero attached hydrogens (tertiary/aromatic N) is 1. The Morgan fingerprint density at radius 1 is 1.58 bits per heavy atom. The summed E-state index contributed by atoms with van der Waals surface area (Å²) in [6.45, 7) is 5.37. The number of hydrogen-bond donors (Lipinski definition) is 1. The minimum absolute atomic E-state index is 0.126. The minimum Gasteiger partial charge on any atom is -0.493 e. The number of hydrogen-bond acceptors (Lipinski definition) is 3. The first kappa shape index (κ1) is 15.2. The van der Waals surface area contributed by atoms with E-state index in [0.29, 0.717) is 6.61 Å². The van der Waals surface area contributed by atoms with Crippen molar-refractivity contribution in [1.29, 1.82) is 0 Å². The Labute approximate surface area is 115 Å². The molecule has 19 heavy (non-hydrogen) atoms. The summed E-state index contributed by atoms with van der Waals surface area (Å²) in [4.78, 5) is 3.75. The van der Waals surface area contributed by atoms with Crippen LogP contribution in [-0.2, 0) is 0 Å². The number of halogens is 3. The topological polar surface area (TPSA) is 47.6 Å². The standard InChI is InChI=1S/C13H13ClF2N2O/c1-3-19-12-6-9(15)4-5-10(12)13(11(16)7-17)18-8(2)14/h4-7H,2-3,17H2,1H3/b11-7+,18-13-. The molecule has 0 aromatic heterocycles.